The van der Waals surface area contributed by atoms with Gasteiger partial charge in [-0.3, -0.25) is 4.90 Å². The smallest absolute Gasteiger partial charge is 0.347 e. The highest BCUT2D eigenvalue weighted by molar-refractivity contribution is 5.86. The first-order chi connectivity index (χ1) is 20.0. The molecule has 1 atom stereocenters. The number of hydrogen-bond donors (Lipinski definition) is 2. The van der Waals surface area contributed by atoms with Crippen LogP contribution in [-0.2, 0) is 34.8 Å². The van der Waals surface area contributed by atoms with E-state index in [0.717, 1.165) is 43.6 Å². The minimum absolute atomic E-state index is 0. The molecule has 228 valence electrons. The van der Waals surface area contributed by atoms with E-state index in [1.54, 1.807) is 36.4 Å². The highest BCUT2D eigenvalue weighted by atomic mass is 35.5. The predicted octanol–water partition coefficient (Wildman–Crippen LogP) is 6.26. The average molecular weight is 624 g/mol. The largest absolute Gasteiger partial charge is 0.489 e. The maximum atomic E-state index is 13.5. The summed E-state index contributed by atoms with van der Waals surface area (Å²) in [6, 6.07) is 34.4. The quantitative estimate of drug-likeness (QED) is 0.192. The summed E-state index contributed by atoms with van der Waals surface area (Å²) in [5.41, 5.74) is 8.06. The topological polar surface area (TPSA) is 85.0 Å². The molecule has 0 saturated carbocycles. The van der Waals surface area contributed by atoms with Crippen molar-refractivity contribution < 1.29 is 19.4 Å². The van der Waals surface area contributed by atoms with Gasteiger partial charge in [-0.05, 0) is 71.8 Å². The molecule has 8 heteroatoms. The lowest BCUT2D eigenvalue weighted by Gasteiger charge is -2.33. The van der Waals surface area contributed by atoms with Gasteiger partial charge < -0.3 is 20.3 Å². The zero-order chi connectivity index (χ0) is 28.5. The van der Waals surface area contributed by atoms with Gasteiger partial charge >= 0.3 is 5.97 Å². The molecular formula is C35H40Cl2N2O4. The van der Waals surface area contributed by atoms with Crippen LogP contribution in [0.1, 0.15) is 40.7 Å². The van der Waals surface area contributed by atoms with E-state index in [1.165, 1.54) is 5.56 Å². The van der Waals surface area contributed by atoms with E-state index in [-0.39, 0.29) is 37.3 Å². The summed E-state index contributed by atoms with van der Waals surface area (Å²) < 4.78 is 11.8. The molecule has 1 aliphatic heterocycles. The zero-order valence-corrected chi connectivity index (χ0v) is 25.8. The number of carbonyl (C=O) groups is 1. The average Bonchev–Trinajstić information content (AvgIpc) is 3.04. The first-order valence-electron chi connectivity index (χ1n) is 14.3. The maximum Gasteiger partial charge on any atom is 0.347 e. The number of ether oxygens (including phenoxy) is 2. The van der Waals surface area contributed by atoms with Crippen molar-refractivity contribution in [1.82, 2.24) is 4.90 Å². The Bertz CT molecular complexity index is 1380. The van der Waals surface area contributed by atoms with Crippen molar-refractivity contribution in [2.75, 3.05) is 19.7 Å². The van der Waals surface area contributed by atoms with Gasteiger partial charge in [0.1, 0.15) is 12.4 Å². The number of benzene rings is 4. The van der Waals surface area contributed by atoms with Crippen LogP contribution in [0, 0.1) is 5.92 Å². The molecule has 0 aromatic heterocycles. The van der Waals surface area contributed by atoms with E-state index in [0.29, 0.717) is 30.0 Å². The molecule has 43 heavy (non-hydrogen) atoms. The fourth-order valence-electron chi connectivity index (χ4n) is 5.26. The van der Waals surface area contributed by atoms with Crippen LogP contribution in [0.25, 0.3) is 0 Å². The molecule has 1 aliphatic rings. The Balaban J connectivity index is 0.00000253. The van der Waals surface area contributed by atoms with Gasteiger partial charge in [0, 0.05) is 13.1 Å². The molecule has 0 amide bonds. The van der Waals surface area contributed by atoms with E-state index in [4.69, 9.17) is 15.2 Å². The normalized spacial score (nSPS) is 14.9. The third kappa shape index (κ3) is 8.82. The van der Waals surface area contributed by atoms with Crippen LogP contribution in [0.4, 0.5) is 0 Å². The van der Waals surface area contributed by atoms with Crippen molar-refractivity contribution in [3.8, 4) is 5.75 Å². The molecular weight excluding hydrogens is 583 g/mol. The lowest BCUT2D eigenvalue weighted by molar-refractivity contribution is -0.164. The van der Waals surface area contributed by atoms with Crippen molar-refractivity contribution in [3.05, 3.63) is 137 Å². The third-order valence-electron chi connectivity index (χ3n) is 7.83. The summed E-state index contributed by atoms with van der Waals surface area (Å²) in [4.78, 5) is 16.0. The minimum atomic E-state index is -1.92. The number of likely N-dealkylation sites (tertiary alicyclic amines) is 1. The number of piperidine rings is 1. The Labute approximate surface area is 266 Å². The highest BCUT2D eigenvalue weighted by Crippen LogP contribution is 2.33. The van der Waals surface area contributed by atoms with Crippen molar-refractivity contribution in [1.29, 1.82) is 0 Å². The Morgan fingerprint density at radius 3 is 1.93 bits per heavy atom. The summed E-state index contributed by atoms with van der Waals surface area (Å²) in [6.45, 7) is 4.04. The van der Waals surface area contributed by atoms with Gasteiger partial charge in [-0.1, -0.05) is 97.1 Å². The van der Waals surface area contributed by atoms with Crippen molar-refractivity contribution in [2.45, 2.75) is 38.1 Å². The first kappa shape index (κ1) is 34.1. The molecule has 0 spiro atoms. The molecule has 1 fully saturated rings. The first-order valence-corrected chi connectivity index (χ1v) is 14.3. The summed E-state index contributed by atoms with van der Waals surface area (Å²) in [5.74, 6) is 0.243. The van der Waals surface area contributed by atoms with E-state index >= 15 is 0 Å². The minimum Gasteiger partial charge on any atom is -0.489 e. The number of esters is 1. The van der Waals surface area contributed by atoms with Crippen LogP contribution in [0.2, 0.25) is 0 Å². The molecule has 4 aromatic rings. The van der Waals surface area contributed by atoms with Crippen LogP contribution in [0.15, 0.2) is 109 Å². The van der Waals surface area contributed by atoms with Crippen LogP contribution >= 0.6 is 24.8 Å². The number of nitrogens with zero attached hydrogens (tertiary/aromatic N) is 1. The molecule has 0 bridgehead atoms. The van der Waals surface area contributed by atoms with Crippen molar-refractivity contribution in [3.63, 3.8) is 0 Å². The lowest BCUT2D eigenvalue weighted by atomic mass is 9.86. The molecule has 1 heterocycles. The van der Waals surface area contributed by atoms with Gasteiger partial charge in [-0.15, -0.1) is 24.8 Å². The maximum absolute atomic E-state index is 13.5. The molecule has 6 nitrogen and oxygen atoms in total. The van der Waals surface area contributed by atoms with E-state index in [1.807, 2.05) is 48.5 Å². The number of aliphatic hydroxyl groups is 1. The Kier molecular flexibility index (Phi) is 13.1. The number of halogens is 2. The summed E-state index contributed by atoms with van der Waals surface area (Å²) in [7, 11) is 0. The fraction of sp³-hybridized carbons (Fsp3) is 0.286. The standard InChI is InChI=1S/C35H38N2O4.2ClH/c36-23-27-11-13-29(14-12-27)25-40-33-17-15-32(16-18-33)35(39,31-9-5-2-6-10-31)34(38)41-26-30-19-21-37(22-20-30)24-28-7-3-1-4-8-28;;/h1-18,30,39H,19-26,36H2;2*1H. The summed E-state index contributed by atoms with van der Waals surface area (Å²) >= 11 is 0. The van der Waals surface area contributed by atoms with Crippen LogP contribution in [0.3, 0.4) is 0 Å². The molecule has 0 aliphatic carbocycles. The monoisotopic (exact) mass is 622 g/mol. The summed E-state index contributed by atoms with van der Waals surface area (Å²) in [5, 5.41) is 11.9. The zero-order valence-electron chi connectivity index (χ0n) is 24.1. The Hall–Kier alpha value is -3.39. The van der Waals surface area contributed by atoms with Crippen LogP contribution < -0.4 is 10.5 Å². The van der Waals surface area contributed by atoms with E-state index in [2.05, 4.69) is 29.2 Å². The van der Waals surface area contributed by atoms with Gasteiger partial charge in [0.15, 0.2) is 0 Å². The molecule has 3 N–H and O–H groups in total. The number of nitrogens with two attached hydrogens (primary N) is 1. The van der Waals surface area contributed by atoms with Crippen molar-refractivity contribution >= 4 is 30.8 Å². The lowest BCUT2D eigenvalue weighted by Crippen LogP contribution is -2.40. The molecule has 0 radical (unpaired) electrons. The summed E-state index contributed by atoms with van der Waals surface area (Å²) in [6.07, 6.45) is 1.90. The van der Waals surface area contributed by atoms with Gasteiger partial charge in [0.25, 0.3) is 0 Å². The predicted molar refractivity (Wildman–Crippen MR) is 174 cm³/mol. The Morgan fingerprint density at radius 1 is 0.767 bits per heavy atom. The van der Waals surface area contributed by atoms with E-state index < -0.39 is 11.6 Å². The van der Waals surface area contributed by atoms with Gasteiger partial charge in [-0.2, -0.15) is 0 Å². The third-order valence-corrected chi connectivity index (χ3v) is 7.83. The number of hydrogen-bond acceptors (Lipinski definition) is 6. The molecule has 4 aromatic carbocycles. The second kappa shape index (κ2) is 16.5. The van der Waals surface area contributed by atoms with E-state index in [9.17, 15) is 9.90 Å². The second-order valence-electron chi connectivity index (χ2n) is 10.7. The SMILES string of the molecule is Cl.Cl.NCc1ccc(COc2ccc(C(O)(C(=O)OCC3CCN(Cc4ccccc4)CC3)c3ccccc3)cc2)cc1. The highest BCUT2D eigenvalue weighted by Gasteiger charge is 2.42. The van der Waals surface area contributed by atoms with Crippen LogP contribution in [0.5, 0.6) is 5.75 Å². The number of carbonyl (C=O) groups excluding carboxylic acids is 1. The number of rotatable bonds is 11. The van der Waals surface area contributed by atoms with Gasteiger partial charge in [0.05, 0.1) is 6.61 Å². The molecule has 1 unspecified atom stereocenters. The molecule has 5 rings (SSSR count). The molecule has 1 saturated heterocycles. The van der Waals surface area contributed by atoms with Gasteiger partial charge in [0.2, 0.25) is 5.60 Å². The fourth-order valence-corrected chi connectivity index (χ4v) is 5.26. The van der Waals surface area contributed by atoms with Gasteiger partial charge in [-0.25, -0.2) is 4.79 Å². The second-order valence-corrected chi connectivity index (χ2v) is 10.7. The Morgan fingerprint density at radius 2 is 1.33 bits per heavy atom. The van der Waals surface area contributed by atoms with Crippen LogP contribution in [-0.4, -0.2) is 35.7 Å². The van der Waals surface area contributed by atoms with Crippen molar-refractivity contribution in [2.24, 2.45) is 11.7 Å².